The van der Waals surface area contributed by atoms with Gasteiger partial charge in [0.15, 0.2) is 0 Å². The number of hydrogen-bond acceptors (Lipinski definition) is 2. The van der Waals surface area contributed by atoms with Gasteiger partial charge in [-0.2, -0.15) is 5.10 Å². The lowest BCUT2D eigenvalue weighted by atomic mass is 10.1. The Labute approximate surface area is 103 Å². The maximum absolute atomic E-state index is 6.21. The van der Waals surface area contributed by atoms with E-state index in [-0.39, 0.29) is 0 Å². The van der Waals surface area contributed by atoms with Gasteiger partial charge < -0.3 is 0 Å². The Morgan fingerprint density at radius 2 is 2.12 bits per heavy atom. The third-order valence-electron chi connectivity index (χ3n) is 3.14. The van der Waals surface area contributed by atoms with E-state index >= 15 is 0 Å². The molecule has 0 saturated carbocycles. The average molecular weight is 244 g/mol. The second-order valence-corrected chi connectivity index (χ2v) is 4.89. The summed E-state index contributed by atoms with van der Waals surface area (Å²) in [5.41, 5.74) is 2.18. The molecule has 1 rings (SSSR count). The highest BCUT2D eigenvalue weighted by Gasteiger charge is 2.15. The molecule has 0 radical (unpaired) electrons. The van der Waals surface area contributed by atoms with E-state index in [0.717, 1.165) is 23.0 Å². The summed E-state index contributed by atoms with van der Waals surface area (Å²) in [4.78, 5) is 2.33. The number of aromatic nitrogens is 2. The Morgan fingerprint density at radius 1 is 1.50 bits per heavy atom. The predicted molar refractivity (Wildman–Crippen MR) is 68.8 cm³/mol. The van der Waals surface area contributed by atoms with Crippen LogP contribution in [0, 0.1) is 6.92 Å². The van der Waals surface area contributed by atoms with Crippen molar-refractivity contribution in [1.82, 2.24) is 14.7 Å². The fraction of sp³-hybridized carbons (Fsp3) is 0.750. The molecule has 0 N–H and O–H groups in total. The van der Waals surface area contributed by atoms with Crippen LogP contribution in [0.3, 0.4) is 0 Å². The highest BCUT2D eigenvalue weighted by molar-refractivity contribution is 6.30. The van der Waals surface area contributed by atoms with Gasteiger partial charge in [-0.3, -0.25) is 9.58 Å². The van der Waals surface area contributed by atoms with Crippen molar-refractivity contribution in [2.45, 2.75) is 46.2 Å². The zero-order valence-corrected chi connectivity index (χ0v) is 11.7. The zero-order chi connectivity index (χ0) is 12.3. The van der Waals surface area contributed by atoms with Crippen LogP contribution >= 0.6 is 11.6 Å². The molecule has 1 aromatic heterocycles. The van der Waals surface area contributed by atoms with Gasteiger partial charge in [-0.05, 0) is 27.3 Å². The topological polar surface area (TPSA) is 21.1 Å². The van der Waals surface area contributed by atoms with E-state index in [1.807, 2.05) is 14.0 Å². The monoisotopic (exact) mass is 243 g/mol. The van der Waals surface area contributed by atoms with E-state index in [1.54, 1.807) is 4.68 Å². The lowest BCUT2D eigenvalue weighted by Crippen LogP contribution is -2.28. The Balaban J connectivity index is 2.72. The van der Waals surface area contributed by atoms with Crippen LogP contribution in [0.4, 0.5) is 0 Å². The third-order valence-corrected chi connectivity index (χ3v) is 3.61. The van der Waals surface area contributed by atoms with E-state index in [9.17, 15) is 0 Å². The number of halogens is 1. The molecule has 0 bridgehead atoms. The smallest absolute Gasteiger partial charge is 0.131 e. The Hall–Kier alpha value is -0.540. The third kappa shape index (κ3) is 2.98. The van der Waals surface area contributed by atoms with Crippen molar-refractivity contribution in [3.05, 3.63) is 16.4 Å². The minimum Gasteiger partial charge on any atom is -0.299 e. The summed E-state index contributed by atoms with van der Waals surface area (Å²) in [6.45, 7) is 7.36. The minimum atomic E-state index is 0.584. The van der Waals surface area contributed by atoms with Crippen LogP contribution in [-0.2, 0) is 13.6 Å². The Kier molecular flexibility index (Phi) is 4.81. The van der Waals surface area contributed by atoms with Gasteiger partial charge in [0.2, 0.25) is 0 Å². The van der Waals surface area contributed by atoms with Gasteiger partial charge in [0.25, 0.3) is 0 Å². The average Bonchev–Trinajstić information content (AvgIpc) is 2.45. The van der Waals surface area contributed by atoms with Crippen LogP contribution in [0.1, 0.15) is 37.9 Å². The van der Waals surface area contributed by atoms with Crippen molar-refractivity contribution in [2.75, 3.05) is 7.05 Å². The number of hydrogen-bond donors (Lipinski definition) is 0. The van der Waals surface area contributed by atoms with Gasteiger partial charge in [-0.25, -0.2) is 0 Å². The van der Waals surface area contributed by atoms with Gasteiger partial charge in [-0.1, -0.05) is 24.9 Å². The molecule has 0 fully saturated rings. The number of nitrogens with zero attached hydrogens (tertiary/aromatic N) is 3. The maximum atomic E-state index is 6.21. The maximum Gasteiger partial charge on any atom is 0.131 e. The molecular formula is C12H22ClN3. The SMILES string of the molecule is CCCC(C)N(C)Cc1c(C)nn(C)c1Cl. The van der Waals surface area contributed by atoms with Crippen molar-refractivity contribution in [1.29, 1.82) is 0 Å². The molecule has 3 nitrogen and oxygen atoms in total. The fourth-order valence-corrected chi connectivity index (χ4v) is 2.13. The predicted octanol–water partition coefficient (Wildman–Crippen LogP) is 3.00. The summed E-state index contributed by atoms with van der Waals surface area (Å²) in [5, 5.41) is 5.08. The Morgan fingerprint density at radius 3 is 2.56 bits per heavy atom. The second-order valence-electron chi connectivity index (χ2n) is 4.53. The van der Waals surface area contributed by atoms with Crippen molar-refractivity contribution >= 4 is 11.6 Å². The molecule has 1 heterocycles. The highest BCUT2D eigenvalue weighted by Crippen LogP contribution is 2.21. The van der Waals surface area contributed by atoms with E-state index < -0.39 is 0 Å². The first-order chi connectivity index (χ1) is 7.47. The number of aryl methyl sites for hydroxylation is 2. The molecule has 16 heavy (non-hydrogen) atoms. The van der Waals surface area contributed by atoms with E-state index in [2.05, 4.69) is 30.9 Å². The molecule has 0 aliphatic heterocycles. The summed E-state index contributed by atoms with van der Waals surface area (Å²) >= 11 is 6.21. The molecule has 0 aliphatic carbocycles. The number of rotatable bonds is 5. The summed E-state index contributed by atoms with van der Waals surface area (Å²) in [5.74, 6) is 0. The van der Waals surface area contributed by atoms with Gasteiger partial charge in [0, 0.05) is 25.2 Å². The second kappa shape index (κ2) is 5.69. The lowest BCUT2D eigenvalue weighted by molar-refractivity contribution is 0.236. The van der Waals surface area contributed by atoms with Crippen LogP contribution in [-0.4, -0.2) is 27.8 Å². The first-order valence-corrected chi connectivity index (χ1v) is 6.23. The molecule has 0 spiro atoms. The molecule has 0 saturated heterocycles. The molecule has 1 atom stereocenters. The van der Waals surface area contributed by atoms with Gasteiger partial charge in [-0.15, -0.1) is 0 Å². The van der Waals surface area contributed by atoms with Crippen LogP contribution in [0.15, 0.2) is 0 Å². The fourth-order valence-electron chi connectivity index (χ4n) is 1.90. The van der Waals surface area contributed by atoms with Crippen molar-refractivity contribution in [3.8, 4) is 0 Å². The van der Waals surface area contributed by atoms with Crippen LogP contribution in [0.2, 0.25) is 5.15 Å². The quantitative estimate of drug-likeness (QED) is 0.793. The van der Waals surface area contributed by atoms with Gasteiger partial charge in [0.1, 0.15) is 5.15 Å². The molecule has 0 aliphatic rings. The van der Waals surface area contributed by atoms with Gasteiger partial charge in [0.05, 0.1) is 5.69 Å². The van der Waals surface area contributed by atoms with Crippen LogP contribution in [0.5, 0.6) is 0 Å². The molecule has 0 aromatic carbocycles. The zero-order valence-electron chi connectivity index (χ0n) is 10.9. The summed E-state index contributed by atoms with van der Waals surface area (Å²) in [7, 11) is 4.03. The highest BCUT2D eigenvalue weighted by atomic mass is 35.5. The van der Waals surface area contributed by atoms with Crippen LogP contribution in [0.25, 0.3) is 0 Å². The summed E-state index contributed by atoms with van der Waals surface area (Å²) in [6.07, 6.45) is 2.43. The van der Waals surface area contributed by atoms with Crippen LogP contribution < -0.4 is 0 Å². The molecule has 1 unspecified atom stereocenters. The molecule has 1 aromatic rings. The van der Waals surface area contributed by atoms with Crippen molar-refractivity contribution < 1.29 is 0 Å². The largest absolute Gasteiger partial charge is 0.299 e. The van der Waals surface area contributed by atoms with Crippen molar-refractivity contribution in [3.63, 3.8) is 0 Å². The molecule has 4 heteroatoms. The Bertz CT molecular complexity index is 346. The standard InChI is InChI=1S/C12H22ClN3/c1-6-7-9(2)15(4)8-11-10(3)14-16(5)12(11)13/h9H,6-8H2,1-5H3. The molecule has 0 amide bonds. The normalized spacial score (nSPS) is 13.4. The van der Waals surface area contributed by atoms with E-state index in [1.165, 1.54) is 12.8 Å². The summed E-state index contributed by atoms with van der Waals surface area (Å²) < 4.78 is 1.74. The molecular weight excluding hydrogens is 222 g/mol. The minimum absolute atomic E-state index is 0.584. The van der Waals surface area contributed by atoms with Gasteiger partial charge >= 0.3 is 0 Å². The van der Waals surface area contributed by atoms with E-state index in [4.69, 9.17) is 11.6 Å². The van der Waals surface area contributed by atoms with E-state index in [0.29, 0.717) is 6.04 Å². The molecule has 92 valence electrons. The first-order valence-electron chi connectivity index (χ1n) is 5.85. The first kappa shape index (κ1) is 13.5. The van der Waals surface area contributed by atoms with Crippen molar-refractivity contribution in [2.24, 2.45) is 7.05 Å². The lowest BCUT2D eigenvalue weighted by Gasteiger charge is -2.24. The summed E-state index contributed by atoms with van der Waals surface area (Å²) in [6, 6.07) is 0.584.